The van der Waals surface area contributed by atoms with Gasteiger partial charge in [0.2, 0.25) is 0 Å². The van der Waals surface area contributed by atoms with E-state index in [1.165, 1.54) is 60.3 Å². The van der Waals surface area contributed by atoms with Crippen molar-refractivity contribution in [3.8, 4) is 33.4 Å². The highest BCUT2D eigenvalue weighted by atomic mass is 16.3. The average Bonchev–Trinajstić information content (AvgIpc) is 3.61. The van der Waals surface area contributed by atoms with Crippen molar-refractivity contribution in [1.82, 2.24) is 0 Å². The van der Waals surface area contributed by atoms with Crippen LogP contribution in [0.2, 0.25) is 0 Å². The normalized spacial score (nSPS) is 11.5. The molecule has 52 heavy (non-hydrogen) atoms. The van der Waals surface area contributed by atoms with Crippen LogP contribution in [0.1, 0.15) is 0 Å². The van der Waals surface area contributed by atoms with Gasteiger partial charge in [-0.25, -0.2) is 0 Å². The Morgan fingerprint density at radius 2 is 0.769 bits per heavy atom. The quantitative estimate of drug-likeness (QED) is 0.176. The number of anilines is 3. The minimum atomic E-state index is 0.918. The number of nitrogens with zero attached hydrogens (tertiary/aromatic N) is 1. The van der Waals surface area contributed by atoms with E-state index >= 15 is 0 Å². The maximum atomic E-state index is 6.21. The monoisotopic (exact) mass is 663 g/mol. The van der Waals surface area contributed by atoms with Crippen molar-refractivity contribution in [3.63, 3.8) is 0 Å². The number of para-hydroxylation sites is 1. The molecule has 2 nitrogen and oxygen atoms in total. The third kappa shape index (κ3) is 5.30. The first-order chi connectivity index (χ1) is 25.7. The molecule has 0 radical (unpaired) electrons. The summed E-state index contributed by atoms with van der Waals surface area (Å²) >= 11 is 0. The number of benzene rings is 9. The van der Waals surface area contributed by atoms with E-state index in [4.69, 9.17) is 4.42 Å². The summed E-state index contributed by atoms with van der Waals surface area (Å²) in [6.07, 6.45) is 0. The number of hydrogen-bond acceptors (Lipinski definition) is 2. The number of hydrogen-bond donors (Lipinski definition) is 0. The van der Waals surface area contributed by atoms with Gasteiger partial charge in [0.05, 0.1) is 0 Å². The van der Waals surface area contributed by atoms with Gasteiger partial charge in [-0.15, -0.1) is 0 Å². The lowest BCUT2D eigenvalue weighted by molar-refractivity contribution is 0.669. The van der Waals surface area contributed by atoms with Crippen molar-refractivity contribution >= 4 is 60.5 Å². The van der Waals surface area contributed by atoms with Crippen molar-refractivity contribution in [2.75, 3.05) is 4.90 Å². The van der Waals surface area contributed by atoms with Crippen LogP contribution in [0.25, 0.3) is 76.9 Å². The van der Waals surface area contributed by atoms with E-state index < -0.39 is 0 Å². The van der Waals surface area contributed by atoms with Gasteiger partial charge < -0.3 is 9.32 Å². The minimum absolute atomic E-state index is 0.918. The van der Waals surface area contributed by atoms with Crippen molar-refractivity contribution in [2.24, 2.45) is 0 Å². The fourth-order valence-electron chi connectivity index (χ4n) is 7.58. The molecular weight excluding hydrogens is 631 g/mol. The van der Waals surface area contributed by atoms with Crippen LogP contribution in [0.5, 0.6) is 0 Å². The Balaban J connectivity index is 1.03. The molecule has 2 heteroatoms. The predicted octanol–water partition coefficient (Wildman–Crippen LogP) is 14.4. The van der Waals surface area contributed by atoms with Gasteiger partial charge in [-0.1, -0.05) is 140 Å². The van der Waals surface area contributed by atoms with Gasteiger partial charge in [0.15, 0.2) is 0 Å². The summed E-state index contributed by atoms with van der Waals surface area (Å²) in [6.45, 7) is 0. The smallest absolute Gasteiger partial charge is 0.136 e. The summed E-state index contributed by atoms with van der Waals surface area (Å²) in [5, 5.41) is 7.23. The van der Waals surface area contributed by atoms with E-state index in [1.54, 1.807) is 0 Å². The highest BCUT2D eigenvalue weighted by molar-refractivity contribution is 6.19. The van der Waals surface area contributed by atoms with Crippen LogP contribution in [-0.4, -0.2) is 0 Å². The molecule has 9 aromatic carbocycles. The van der Waals surface area contributed by atoms with E-state index in [0.29, 0.717) is 0 Å². The molecule has 0 aliphatic carbocycles. The van der Waals surface area contributed by atoms with Crippen molar-refractivity contribution in [2.45, 2.75) is 0 Å². The third-order valence-corrected chi connectivity index (χ3v) is 10.3. The summed E-state index contributed by atoms with van der Waals surface area (Å²) in [4.78, 5) is 2.34. The zero-order chi connectivity index (χ0) is 34.4. The van der Waals surface area contributed by atoms with Gasteiger partial charge in [-0.2, -0.15) is 0 Å². The van der Waals surface area contributed by atoms with Crippen LogP contribution < -0.4 is 4.90 Å². The first-order valence-corrected chi connectivity index (χ1v) is 17.7. The maximum Gasteiger partial charge on any atom is 0.136 e. The average molecular weight is 664 g/mol. The number of fused-ring (bicyclic) bond motifs is 6. The van der Waals surface area contributed by atoms with Crippen LogP contribution in [0.3, 0.4) is 0 Å². The van der Waals surface area contributed by atoms with Crippen LogP contribution in [0.4, 0.5) is 17.1 Å². The molecule has 0 spiro atoms. The molecule has 0 N–H and O–H groups in total. The van der Waals surface area contributed by atoms with Gasteiger partial charge in [0, 0.05) is 27.8 Å². The second-order valence-corrected chi connectivity index (χ2v) is 13.4. The molecule has 0 aliphatic rings. The van der Waals surface area contributed by atoms with Gasteiger partial charge in [0.1, 0.15) is 11.2 Å². The lowest BCUT2D eigenvalue weighted by atomic mass is 9.97. The largest absolute Gasteiger partial charge is 0.456 e. The Hall–Kier alpha value is -6.90. The van der Waals surface area contributed by atoms with Crippen LogP contribution in [0.15, 0.2) is 205 Å². The van der Waals surface area contributed by atoms with Crippen LogP contribution in [-0.2, 0) is 0 Å². The first kappa shape index (κ1) is 30.0. The Kier molecular flexibility index (Phi) is 7.18. The zero-order valence-electron chi connectivity index (χ0n) is 28.4. The molecule has 0 amide bonds. The molecule has 10 aromatic rings. The number of furan rings is 1. The Morgan fingerprint density at radius 3 is 1.44 bits per heavy atom. The SMILES string of the molecule is c1ccc(-c2ccc(N(c3ccc(-c4ccc5ccccc5c4)cc3)c3ccc(-c4ccc5ccc6oc7ccccc7c6c5c4)cc3)cc2)cc1. The third-order valence-electron chi connectivity index (χ3n) is 10.3. The molecule has 0 unspecified atom stereocenters. The summed E-state index contributed by atoms with van der Waals surface area (Å²) in [5.74, 6) is 0. The summed E-state index contributed by atoms with van der Waals surface area (Å²) < 4.78 is 6.21. The topological polar surface area (TPSA) is 16.4 Å². The van der Waals surface area contributed by atoms with Crippen LogP contribution in [0, 0.1) is 0 Å². The van der Waals surface area contributed by atoms with Crippen LogP contribution >= 0.6 is 0 Å². The fourth-order valence-corrected chi connectivity index (χ4v) is 7.58. The molecule has 244 valence electrons. The van der Waals surface area contributed by atoms with E-state index in [2.05, 4.69) is 193 Å². The zero-order valence-corrected chi connectivity index (χ0v) is 28.4. The van der Waals surface area contributed by atoms with Crippen molar-refractivity contribution in [1.29, 1.82) is 0 Å². The molecule has 0 fully saturated rings. The van der Waals surface area contributed by atoms with E-state index in [1.807, 2.05) is 12.1 Å². The summed E-state index contributed by atoms with van der Waals surface area (Å²) in [5.41, 5.74) is 12.3. The van der Waals surface area contributed by atoms with E-state index in [0.717, 1.165) is 33.6 Å². The highest BCUT2D eigenvalue weighted by Crippen LogP contribution is 2.40. The molecule has 1 heterocycles. The van der Waals surface area contributed by atoms with Crippen molar-refractivity contribution < 1.29 is 4.42 Å². The Labute approximate surface area is 302 Å². The first-order valence-electron chi connectivity index (χ1n) is 17.7. The van der Waals surface area contributed by atoms with Gasteiger partial charge in [0.25, 0.3) is 0 Å². The van der Waals surface area contributed by atoms with Gasteiger partial charge >= 0.3 is 0 Å². The molecule has 0 bridgehead atoms. The second-order valence-electron chi connectivity index (χ2n) is 13.4. The van der Waals surface area contributed by atoms with E-state index in [-0.39, 0.29) is 0 Å². The number of rotatable bonds is 6. The highest BCUT2D eigenvalue weighted by Gasteiger charge is 2.15. The molecule has 0 saturated heterocycles. The summed E-state index contributed by atoms with van der Waals surface area (Å²) in [7, 11) is 0. The summed E-state index contributed by atoms with van der Waals surface area (Å²) in [6, 6.07) is 71.8. The Bertz CT molecular complexity index is 2870. The van der Waals surface area contributed by atoms with E-state index in [9.17, 15) is 0 Å². The molecular formula is C50H33NO. The van der Waals surface area contributed by atoms with Crippen molar-refractivity contribution in [3.05, 3.63) is 200 Å². The molecule has 0 atom stereocenters. The molecule has 1 aromatic heterocycles. The second kappa shape index (κ2) is 12.5. The lowest BCUT2D eigenvalue weighted by Crippen LogP contribution is -2.09. The molecule has 0 aliphatic heterocycles. The van der Waals surface area contributed by atoms with Gasteiger partial charge in [-0.05, 0) is 116 Å². The fraction of sp³-hybridized carbons (Fsp3) is 0. The standard InChI is InChI=1S/C50H33NO/c1-2-8-34(9-3-1)36-18-25-43(26-19-36)51(44-27-20-37(21-28-44)41-16-14-35-10-4-5-11-40(35)32-41)45-29-22-38(23-30-45)42-17-15-39-24-31-49-50(47(39)33-42)46-12-6-7-13-48(46)52-49/h1-33H. The molecule has 10 rings (SSSR count). The molecule has 0 saturated carbocycles. The maximum absolute atomic E-state index is 6.21. The predicted molar refractivity (Wildman–Crippen MR) is 220 cm³/mol. The minimum Gasteiger partial charge on any atom is -0.456 e. The Morgan fingerprint density at radius 1 is 0.288 bits per heavy atom. The van der Waals surface area contributed by atoms with Gasteiger partial charge in [-0.3, -0.25) is 0 Å². The lowest BCUT2D eigenvalue weighted by Gasteiger charge is -2.26.